The Morgan fingerprint density at radius 2 is 1.67 bits per heavy atom. The smallest absolute Gasteiger partial charge is 0.257 e. The van der Waals surface area contributed by atoms with Crippen molar-refractivity contribution < 1.29 is 9.59 Å². The second kappa shape index (κ2) is 8.38. The molecule has 0 bridgehead atoms. The maximum absolute atomic E-state index is 12.7. The molecule has 0 spiro atoms. The van der Waals surface area contributed by atoms with Crippen molar-refractivity contribution in [1.29, 1.82) is 0 Å². The number of hydrogen-bond donors (Lipinski definition) is 1. The van der Waals surface area contributed by atoms with Gasteiger partial charge in [-0.05, 0) is 30.3 Å². The average molecular weight is 427 g/mol. The summed E-state index contributed by atoms with van der Waals surface area (Å²) in [7, 11) is 0. The number of benzene rings is 2. The maximum Gasteiger partial charge on any atom is 0.257 e. The number of anilines is 2. The molecule has 2 amide bonds. The van der Waals surface area contributed by atoms with Crippen LogP contribution in [0.15, 0.2) is 36.4 Å². The predicted octanol–water partition coefficient (Wildman–Crippen LogP) is 4.57. The molecule has 2 aromatic carbocycles. The summed E-state index contributed by atoms with van der Waals surface area (Å²) in [5.41, 5.74) is 1.60. The molecule has 1 aliphatic rings. The first-order valence-electron chi connectivity index (χ1n) is 8.42. The first-order valence-corrected chi connectivity index (χ1v) is 9.55. The molecule has 3 rings (SSSR count). The first kappa shape index (κ1) is 19.8. The number of nitrogens with zero attached hydrogens (tertiary/aromatic N) is 2. The zero-order valence-corrected chi connectivity index (χ0v) is 16.9. The van der Waals surface area contributed by atoms with Crippen molar-refractivity contribution in [2.24, 2.45) is 0 Å². The molecule has 1 heterocycles. The van der Waals surface area contributed by atoms with Gasteiger partial charge in [0.25, 0.3) is 5.91 Å². The van der Waals surface area contributed by atoms with Crippen LogP contribution in [0.4, 0.5) is 11.4 Å². The minimum absolute atomic E-state index is 0.0536. The van der Waals surface area contributed by atoms with Crippen molar-refractivity contribution in [2.45, 2.75) is 6.92 Å². The number of hydrogen-bond acceptors (Lipinski definition) is 3. The van der Waals surface area contributed by atoms with Gasteiger partial charge in [0.2, 0.25) is 5.91 Å². The summed E-state index contributed by atoms with van der Waals surface area (Å²) in [5.74, 6) is -0.314. The van der Waals surface area contributed by atoms with Crippen LogP contribution in [0.5, 0.6) is 0 Å². The van der Waals surface area contributed by atoms with Crippen molar-refractivity contribution in [3.63, 3.8) is 0 Å². The number of para-hydroxylation sites is 1. The summed E-state index contributed by atoms with van der Waals surface area (Å²) < 4.78 is 0. The highest BCUT2D eigenvalue weighted by atomic mass is 35.5. The molecule has 2 aromatic rings. The Balaban J connectivity index is 1.85. The van der Waals surface area contributed by atoms with Crippen LogP contribution in [-0.4, -0.2) is 42.9 Å². The molecule has 0 atom stereocenters. The van der Waals surface area contributed by atoms with E-state index in [1.54, 1.807) is 42.2 Å². The lowest BCUT2D eigenvalue weighted by Gasteiger charge is -2.37. The molecular formula is C19H18Cl3N3O2. The number of rotatable bonds is 3. The zero-order valence-electron chi connectivity index (χ0n) is 14.6. The van der Waals surface area contributed by atoms with E-state index < -0.39 is 0 Å². The van der Waals surface area contributed by atoms with Crippen molar-refractivity contribution in [1.82, 2.24) is 4.90 Å². The predicted molar refractivity (Wildman–Crippen MR) is 110 cm³/mol. The van der Waals surface area contributed by atoms with Gasteiger partial charge in [-0.1, -0.05) is 40.9 Å². The molecule has 1 N–H and O–H groups in total. The quantitative estimate of drug-likeness (QED) is 0.782. The Morgan fingerprint density at radius 1 is 0.963 bits per heavy atom. The SMILES string of the molecule is CC(=O)N1CCN(c2c(Cl)cccc2NC(=O)c2cc(Cl)ccc2Cl)CC1. The second-order valence-corrected chi connectivity index (χ2v) is 7.46. The largest absolute Gasteiger partial charge is 0.365 e. The molecule has 1 fully saturated rings. The van der Waals surface area contributed by atoms with E-state index in [1.807, 2.05) is 0 Å². The highest BCUT2D eigenvalue weighted by molar-refractivity contribution is 6.37. The lowest BCUT2D eigenvalue weighted by molar-refractivity contribution is -0.129. The number of amides is 2. The molecule has 27 heavy (non-hydrogen) atoms. The van der Waals surface area contributed by atoms with Gasteiger partial charge in [0.05, 0.1) is 27.0 Å². The van der Waals surface area contributed by atoms with Gasteiger partial charge >= 0.3 is 0 Å². The summed E-state index contributed by atoms with van der Waals surface area (Å²) in [5, 5.41) is 4.15. The fourth-order valence-electron chi connectivity index (χ4n) is 3.04. The molecule has 0 radical (unpaired) electrons. The normalized spacial score (nSPS) is 14.2. The van der Waals surface area contributed by atoms with Gasteiger partial charge < -0.3 is 15.1 Å². The van der Waals surface area contributed by atoms with Gasteiger partial charge in [-0.25, -0.2) is 0 Å². The second-order valence-electron chi connectivity index (χ2n) is 6.21. The van der Waals surface area contributed by atoms with E-state index in [2.05, 4.69) is 10.2 Å². The summed E-state index contributed by atoms with van der Waals surface area (Å²) >= 11 is 18.5. The van der Waals surface area contributed by atoms with E-state index in [4.69, 9.17) is 34.8 Å². The Morgan fingerprint density at radius 3 is 2.33 bits per heavy atom. The number of halogens is 3. The number of piperazine rings is 1. The van der Waals surface area contributed by atoms with Gasteiger partial charge in [-0.15, -0.1) is 0 Å². The lowest BCUT2D eigenvalue weighted by atomic mass is 10.1. The third-order valence-corrected chi connectivity index (χ3v) is 5.32. The lowest BCUT2D eigenvalue weighted by Crippen LogP contribution is -2.48. The van der Waals surface area contributed by atoms with Gasteiger partial charge in [0.1, 0.15) is 0 Å². The Kier molecular flexibility index (Phi) is 6.15. The first-order chi connectivity index (χ1) is 12.9. The van der Waals surface area contributed by atoms with Gasteiger partial charge in [-0.2, -0.15) is 0 Å². The monoisotopic (exact) mass is 425 g/mol. The van der Waals surface area contributed by atoms with E-state index in [9.17, 15) is 9.59 Å². The fraction of sp³-hybridized carbons (Fsp3) is 0.263. The molecule has 1 saturated heterocycles. The minimum atomic E-state index is -0.367. The third kappa shape index (κ3) is 4.49. The van der Waals surface area contributed by atoms with Crippen LogP contribution in [0, 0.1) is 0 Å². The Bertz CT molecular complexity index is 880. The Labute approximate surface area is 172 Å². The standard InChI is InChI=1S/C19H18Cl3N3O2/c1-12(26)24-7-9-25(10-8-24)18-16(22)3-2-4-17(18)23-19(27)14-11-13(20)5-6-15(14)21/h2-6,11H,7-10H2,1H3,(H,23,27). The van der Waals surface area contributed by atoms with Crippen LogP contribution in [0.2, 0.25) is 15.1 Å². The molecule has 0 unspecified atom stereocenters. The zero-order chi connectivity index (χ0) is 19.6. The average Bonchev–Trinajstić information content (AvgIpc) is 2.64. The van der Waals surface area contributed by atoms with Crippen molar-refractivity contribution in [3.8, 4) is 0 Å². The summed E-state index contributed by atoms with van der Waals surface area (Å²) in [6.45, 7) is 4.03. The van der Waals surface area contributed by atoms with Gasteiger partial charge in [-0.3, -0.25) is 9.59 Å². The van der Waals surface area contributed by atoms with E-state index >= 15 is 0 Å². The van der Waals surface area contributed by atoms with Crippen molar-refractivity contribution >= 4 is 58.0 Å². The fourth-order valence-corrected chi connectivity index (χ4v) is 3.71. The Hall–Kier alpha value is -1.95. The molecule has 142 valence electrons. The van der Waals surface area contributed by atoms with Crippen LogP contribution < -0.4 is 10.2 Å². The highest BCUT2D eigenvalue weighted by Gasteiger charge is 2.23. The molecule has 0 saturated carbocycles. The number of nitrogens with one attached hydrogen (secondary N) is 1. The molecule has 1 aliphatic heterocycles. The van der Waals surface area contributed by atoms with Crippen molar-refractivity contribution in [3.05, 3.63) is 57.0 Å². The molecular weight excluding hydrogens is 409 g/mol. The van der Waals surface area contributed by atoms with Crippen LogP contribution >= 0.6 is 34.8 Å². The van der Waals surface area contributed by atoms with E-state index in [1.165, 1.54) is 6.07 Å². The highest BCUT2D eigenvalue weighted by Crippen LogP contribution is 2.35. The summed E-state index contributed by atoms with van der Waals surface area (Å²) in [4.78, 5) is 28.1. The summed E-state index contributed by atoms with van der Waals surface area (Å²) in [6.07, 6.45) is 0. The van der Waals surface area contributed by atoms with E-state index in [0.717, 1.165) is 5.69 Å². The van der Waals surface area contributed by atoms with Crippen LogP contribution in [0.3, 0.4) is 0 Å². The maximum atomic E-state index is 12.7. The minimum Gasteiger partial charge on any atom is -0.365 e. The van der Waals surface area contributed by atoms with Crippen molar-refractivity contribution in [2.75, 3.05) is 36.4 Å². The number of carbonyl (C=O) groups is 2. The van der Waals surface area contributed by atoms with Crippen LogP contribution in [0.25, 0.3) is 0 Å². The third-order valence-electron chi connectivity index (χ3n) is 4.45. The van der Waals surface area contributed by atoms with Crippen LogP contribution in [0.1, 0.15) is 17.3 Å². The molecule has 5 nitrogen and oxygen atoms in total. The van der Waals surface area contributed by atoms with E-state index in [-0.39, 0.29) is 17.4 Å². The molecule has 8 heteroatoms. The number of carbonyl (C=O) groups excluding carboxylic acids is 2. The molecule has 0 aromatic heterocycles. The van der Waals surface area contributed by atoms with Crippen LogP contribution in [-0.2, 0) is 4.79 Å². The van der Waals surface area contributed by atoms with Gasteiger partial charge in [0, 0.05) is 38.1 Å². The van der Waals surface area contributed by atoms with E-state index in [0.29, 0.717) is 46.9 Å². The molecule has 0 aliphatic carbocycles. The summed E-state index contributed by atoms with van der Waals surface area (Å²) in [6, 6.07) is 10.1. The van der Waals surface area contributed by atoms with Gasteiger partial charge in [0.15, 0.2) is 0 Å². The topological polar surface area (TPSA) is 52.7 Å².